The Morgan fingerprint density at radius 3 is 2.37 bits per heavy atom. The minimum Gasteiger partial charge on any atom is -0.330 e. The van der Waals surface area contributed by atoms with Crippen LogP contribution in [0.2, 0.25) is 5.02 Å². The minimum absolute atomic E-state index is 0.0648. The first kappa shape index (κ1) is 23.4. The number of nitrogens with two attached hydrogens (primary N) is 1. The van der Waals surface area contributed by atoms with Gasteiger partial charge in [0.25, 0.3) is 10.0 Å². The number of para-hydroxylation sites is 1. The number of sulfonamides is 1. The van der Waals surface area contributed by atoms with E-state index in [2.05, 4.69) is 10.6 Å². The lowest BCUT2D eigenvalue weighted by molar-refractivity contribution is -0.137. The van der Waals surface area contributed by atoms with Gasteiger partial charge in [-0.2, -0.15) is 13.2 Å². The van der Waals surface area contributed by atoms with Crippen LogP contribution >= 0.6 is 11.6 Å². The van der Waals surface area contributed by atoms with Gasteiger partial charge in [-0.3, -0.25) is 4.79 Å². The van der Waals surface area contributed by atoms with Crippen molar-refractivity contribution in [3.63, 3.8) is 0 Å². The van der Waals surface area contributed by atoms with E-state index >= 15 is 0 Å². The topological polar surface area (TPSA) is 130 Å². The summed E-state index contributed by atoms with van der Waals surface area (Å²) in [5.74, 6) is -0.836. The predicted molar refractivity (Wildman–Crippen MR) is 105 cm³/mol. The van der Waals surface area contributed by atoms with Crippen molar-refractivity contribution in [3.05, 3.63) is 53.1 Å². The zero-order valence-corrected chi connectivity index (χ0v) is 16.7. The van der Waals surface area contributed by atoms with E-state index in [1.54, 1.807) is 0 Å². The zero-order chi connectivity index (χ0) is 22.5. The van der Waals surface area contributed by atoms with Gasteiger partial charge in [-0.25, -0.2) is 17.9 Å². The van der Waals surface area contributed by atoms with Crippen molar-refractivity contribution in [1.82, 2.24) is 4.72 Å². The van der Waals surface area contributed by atoms with E-state index in [0.717, 1.165) is 18.2 Å². The number of alkyl halides is 3. The Bertz CT molecular complexity index is 1060. The molecule has 0 radical (unpaired) electrons. The predicted octanol–water partition coefficient (Wildman–Crippen LogP) is 3.16. The highest BCUT2D eigenvalue weighted by atomic mass is 35.5. The maximum atomic E-state index is 12.9. The number of carbonyl (C=O) groups excluding carboxylic acids is 2. The molecule has 0 aromatic heterocycles. The van der Waals surface area contributed by atoms with Crippen LogP contribution in [0.3, 0.4) is 0 Å². The van der Waals surface area contributed by atoms with Gasteiger partial charge in [0.15, 0.2) is 0 Å². The second-order valence-electron chi connectivity index (χ2n) is 5.84. The molecule has 162 valence electrons. The summed E-state index contributed by atoms with van der Waals surface area (Å²) in [5, 5.41) is 3.84. The molecule has 8 nitrogen and oxygen atoms in total. The maximum absolute atomic E-state index is 12.9. The number of nitrogens with one attached hydrogen (secondary N) is 3. The highest BCUT2D eigenvalue weighted by Crippen LogP contribution is 2.36. The Kier molecular flexibility index (Phi) is 7.29. The van der Waals surface area contributed by atoms with Gasteiger partial charge in [-0.1, -0.05) is 23.7 Å². The summed E-state index contributed by atoms with van der Waals surface area (Å²) in [7, 11) is -4.33. The lowest BCUT2D eigenvalue weighted by Crippen LogP contribution is -2.32. The fraction of sp³-hybridized carbons (Fsp3) is 0.176. The number of halogens is 4. The van der Waals surface area contributed by atoms with E-state index in [1.165, 1.54) is 18.2 Å². The minimum atomic E-state index is -4.73. The highest BCUT2D eigenvalue weighted by Gasteiger charge is 2.33. The summed E-state index contributed by atoms with van der Waals surface area (Å²) < 4.78 is 65.4. The number of hydrogen-bond acceptors (Lipinski definition) is 5. The van der Waals surface area contributed by atoms with E-state index < -0.39 is 43.6 Å². The molecule has 2 rings (SSSR count). The molecule has 0 spiro atoms. The van der Waals surface area contributed by atoms with Gasteiger partial charge in [0.1, 0.15) is 4.90 Å². The van der Waals surface area contributed by atoms with Crippen molar-refractivity contribution >= 4 is 44.9 Å². The first-order chi connectivity index (χ1) is 13.9. The number of urea groups is 1. The number of benzene rings is 2. The van der Waals surface area contributed by atoms with E-state index in [1.807, 2.05) is 4.72 Å². The number of hydrogen-bond donors (Lipinski definition) is 4. The maximum Gasteiger partial charge on any atom is 0.417 e. The van der Waals surface area contributed by atoms with Crippen LogP contribution in [-0.2, 0) is 21.0 Å². The highest BCUT2D eigenvalue weighted by molar-refractivity contribution is 7.90. The second-order valence-corrected chi connectivity index (χ2v) is 7.89. The third-order valence-electron chi connectivity index (χ3n) is 3.57. The molecule has 0 aliphatic rings. The summed E-state index contributed by atoms with van der Waals surface area (Å²) in [6.45, 7) is -0.0648. The van der Waals surface area contributed by atoms with E-state index in [4.69, 9.17) is 17.3 Å². The van der Waals surface area contributed by atoms with Gasteiger partial charge in [-0.15, -0.1) is 0 Å². The SMILES string of the molecule is NCCC(=O)NS(=O)(=O)c1ccccc1NC(=O)Nc1ccc(Cl)c(C(F)(F)F)c1. The number of carbonyl (C=O) groups is 2. The molecule has 3 amide bonds. The van der Waals surface area contributed by atoms with Crippen molar-refractivity contribution in [2.24, 2.45) is 5.73 Å². The lowest BCUT2D eigenvalue weighted by Gasteiger charge is -2.14. The van der Waals surface area contributed by atoms with Crippen LogP contribution in [0.25, 0.3) is 0 Å². The van der Waals surface area contributed by atoms with Gasteiger partial charge in [0.2, 0.25) is 5.91 Å². The first-order valence-corrected chi connectivity index (χ1v) is 10.1. The van der Waals surface area contributed by atoms with Crippen LogP contribution in [0.1, 0.15) is 12.0 Å². The Labute approximate surface area is 174 Å². The smallest absolute Gasteiger partial charge is 0.330 e. The lowest BCUT2D eigenvalue weighted by atomic mass is 10.2. The van der Waals surface area contributed by atoms with Gasteiger partial charge in [-0.05, 0) is 30.3 Å². The number of rotatable bonds is 6. The van der Waals surface area contributed by atoms with Gasteiger partial charge < -0.3 is 16.4 Å². The Hall–Kier alpha value is -2.83. The molecule has 0 unspecified atom stereocenters. The molecule has 0 aliphatic carbocycles. The van der Waals surface area contributed by atoms with Crippen molar-refractivity contribution in [3.8, 4) is 0 Å². The molecule has 0 fully saturated rings. The molecule has 0 atom stereocenters. The third kappa shape index (κ3) is 6.08. The summed E-state index contributed by atoms with van der Waals surface area (Å²) in [6, 6.07) is 6.89. The Balaban J connectivity index is 2.22. The van der Waals surface area contributed by atoms with Gasteiger partial charge in [0, 0.05) is 18.7 Å². The molecule has 0 aliphatic heterocycles. The fourth-order valence-electron chi connectivity index (χ4n) is 2.30. The molecule has 0 saturated heterocycles. The molecular weight excluding hydrogens is 449 g/mol. The fourth-order valence-corrected chi connectivity index (χ4v) is 3.70. The van der Waals surface area contributed by atoms with Gasteiger partial charge >= 0.3 is 12.2 Å². The molecule has 5 N–H and O–H groups in total. The van der Waals surface area contributed by atoms with Crippen molar-refractivity contribution < 1.29 is 31.2 Å². The monoisotopic (exact) mass is 464 g/mol. The average molecular weight is 465 g/mol. The Morgan fingerprint density at radius 1 is 1.07 bits per heavy atom. The van der Waals surface area contributed by atoms with Crippen LogP contribution < -0.4 is 21.1 Å². The largest absolute Gasteiger partial charge is 0.417 e. The van der Waals surface area contributed by atoms with E-state index in [0.29, 0.717) is 6.07 Å². The van der Waals surface area contributed by atoms with Crippen molar-refractivity contribution in [2.75, 3.05) is 17.2 Å². The van der Waals surface area contributed by atoms with Crippen LogP contribution in [0.4, 0.5) is 29.3 Å². The molecule has 13 heteroatoms. The average Bonchev–Trinajstić information content (AvgIpc) is 2.62. The van der Waals surface area contributed by atoms with Crippen LogP contribution in [-0.4, -0.2) is 26.9 Å². The number of amides is 3. The number of anilines is 2. The van der Waals surface area contributed by atoms with E-state index in [-0.39, 0.29) is 24.3 Å². The van der Waals surface area contributed by atoms with Crippen molar-refractivity contribution in [2.45, 2.75) is 17.5 Å². The molecular formula is C17H16ClF3N4O4S. The van der Waals surface area contributed by atoms with Crippen molar-refractivity contribution in [1.29, 1.82) is 0 Å². The summed E-state index contributed by atoms with van der Waals surface area (Å²) >= 11 is 5.52. The zero-order valence-electron chi connectivity index (χ0n) is 15.1. The Morgan fingerprint density at radius 2 is 1.73 bits per heavy atom. The molecule has 30 heavy (non-hydrogen) atoms. The third-order valence-corrected chi connectivity index (χ3v) is 5.34. The summed E-state index contributed by atoms with van der Waals surface area (Å²) in [5.41, 5.74) is 3.64. The summed E-state index contributed by atoms with van der Waals surface area (Å²) in [4.78, 5) is 23.4. The quantitative estimate of drug-likeness (QED) is 0.521. The van der Waals surface area contributed by atoms with Crippen LogP contribution in [0.15, 0.2) is 47.4 Å². The molecule has 0 bridgehead atoms. The van der Waals surface area contributed by atoms with Gasteiger partial charge in [0.05, 0.1) is 16.3 Å². The standard InChI is InChI=1S/C17H16ClF3N4O4S/c18-12-6-5-10(9-11(12)17(19,20)21)23-16(27)24-13-3-1-2-4-14(13)30(28,29)25-15(26)7-8-22/h1-6,9H,7-8,22H2,(H,25,26)(H2,23,24,27). The van der Waals surface area contributed by atoms with Crippen LogP contribution in [0.5, 0.6) is 0 Å². The normalized spacial score (nSPS) is 11.6. The molecule has 2 aromatic rings. The van der Waals surface area contributed by atoms with Crippen LogP contribution in [0, 0.1) is 0 Å². The second kappa shape index (κ2) is 9.32. The molecule has 0 saturated carbocycles. The van der Waals surface area contributed by atoms with E-state index in [9.17, 15) is 31.2 Å². The molecule has 2 aromatic carbocycles. The molecule has 0 heterocycles. The first-order valence-electron chi connectivity index (χ1n) is 8.23. The summed E-state index contributed by atoms with van der Waals surface area (Å²) in [6.07, 6.45) is -4.96.